The summed E-state index contributed by atoms with van der Waals surface area (Å²) >= 11 is 0. The van der Waals surface area contributed by atoms with Crippen molar-refractivity contribution in [2.75, 3.05) is 29.6 Å². The molecule has 7 nitrogen and oxygen atoms in total. The number of sulfonamides is 1. The standard InChI is InChI=1S/C19H24N4O3S/c1-19(2,22-27(3,25)26)13-21-17-9-8-15(12-20-17)18(24)23-11-10-14-6-4-5-7-16(14)23/h4-9,12,22H,10-11,13H2,1-3H3,(H,20,21). The maximum absolute atomic E-state index is 12.8. The molecule has 8 heteroatoms. The number of nitrogens with zero attached hydrogens (tertiary/aromatic N) is 2. The zero-order valence-corrected chi connectivity index (χ0v) is 16.5. The molecule has 2 N–H and O–H groups in total. The Bertz CT molecular complexity index is 940. The fraction of sp³-hybridized carbons (Fsp3) is 0.368. The number of carbonyl (C=O) groups is 1. The summed E-state index contributed by atoms with van der Waals surface area (Å²) in [5, 5.41) is 3.10. The number of para-hydroxylation sites is 1. The maximum atomic E-state index is 12.8. The van der Waals surface area contributed by atoms with Crippen LogP contribution in [0.25, 0.3) is 0 Å². The van der Waals surface area contributed by atoms with E-state index >= 15 is 0 Å². The van der Waals surface area contributed by atoms with E-state index < -0.39 is 15.6 Å². The first-order chi connectivity index (χ1) is 12.6. The Morgan fingerprint density at radius 1 is 1.22 bits per heavy atom. The molecule has 0 aliphatic carbocycles. The van der Waals surface area contributed by atoms with E-state index in [-0.39, 0.29) is 5.91 Å². The SMILES string of the molecule is CC(C)(CNc1ccc(C(=O)N2CCc3ccccc32)cn1)NS(C)(=O)=O. The highest BCUT2D eigenvalue weighted by atomic mass is 32.2. The fourth-order valence-corrected chi connectivity index (χ4v) is 4.26. The van der Waals surface area contributed by atoms with Crippen molar-refractivity contribution >= 4 is 27.4 Å². The van der Waals surface area contributed by atoms with Gasteiger partial charge >= 0.3 is 0 Å². The molecule has 2 heterocycles. The fourth-order valence-electron chi connectivity index (χ4n) is 3.18. The van der Waals surface area contributed by atoms with E-state index in [0.29, 0.717) is 24.5 Å². The smallest absolute Gasteiger partial charge is 0.259 e. The number of pyridine rings is 1. The molecule has 27 heavy (non-hydrogen) atoms. The van der Waals surface area contributed by atoms with Crippen molar-refractivity contribution in [2.45, 2.75) is 25.8 Å². The Morgan fingerprint density at radius 3 is 2.63 bits per heavy atom. The topological polar surface area (TPSA) is 91.4 Å². The van der Waals surface area contributed by atoms with Crippen LogP contribution >= 0.6 is 0 Å². The van der Waals surface area contributed by atoms with Crippen LogP contribution in [0.5, 0.6) is 0 Å². The largest absolute Gasteiger partial charge is 0.368 e. The van der Waals surface area contributed by atoms with Gasteiger partial charge in [-0.15, -0.1) is 0 Å². The Hall–Kier alpha value is -2.45. The van der Waals surface area contributed by atoms with E-state index in [1.54, 1.807) is 37.1 Å². The molecule has 0 unspecified atom stereocenters. The molecule has 0 saturated carbocycles. The van der Waals surface area contributed by atoms with Gasteiger partial charge in [-0.3, -0.25) is 4.79 Å². The summed E-state index contributed by atoms with van der Waals surface area (Å²) in [7, 11) is -3.30. The van der Waals surface area contributed by atoms with Gasteiger partial charge in [0.15, 0.2) is 0 Å². The lowest BCUT2D eigenvalue weighted by atomic mass is 10.1. The molecule has 0 spiro atoms. The first-order valence-electron chi connectivity index (χ1n) is 8.73. The third-order valence-corrected chi connectivity index (χ3v) is 5.24. The second-order valence-corrected chi connectivity index (χ2v) is 9.13. The maximum Gasteiger partial charge on any atom is 0.259 e. The molecule has 1 aromatic heterocycles. The minimum absolute atomic E-state index is 0.0712. The van der Waals surface area contributed by atoms with Crippen LogP contribution in [0.1, 0.15) is 29.8 Å². The molecule has 1 aliphatic rings. The van der Waals surface area contributed by atoms with Crippen LogP contribution in [0, 0.1) is 0 Å². The quantitative estimate of drug-likeness (QED) is 0.790. The molecule has 3 rings (SSSR count). The van der Waals surface area contributed by atoms with Crippen molar-refractivity contribution in [3.05, 3.63) is 53.7 Å². The van der Waals surface area contributed by atoms with Crippen LogP contribution in [0.15, 0.2) is 42.6 Å². The number of hydrogen-bond acceptors (Lipinski definition) is 5. The van der Waals surface area contributed by atoms with Gasteiger partial charge in [-0.1, -0.05) is 18.2 Å². The zero-order chi connectivity index (χ0) is 19.7. The number of aromatic nitrogens is 1. The van der Waals surface area contributed by atoms with Crippen molar-refractivity contribution in [3.63, 3.8) is 0 Å². The molecule has 0 fully saturated rings. The monoisotopic (exact) mass is 388 g/mol. The van der Waals surface area contributed by atoms with Gasteiger partial charge in [0.25, 0.3) is 5.91 Å². The molecular weight excluding hydrogens is 364 g/mol. The molecule has 2 aromatic rings. The van der Waals surface area contributed by atoms with Crippen molar-refractivity contribution in [1.82, 2.24) is 9.71 Å². The summed E-state index contributed by atoms with van der Waals surface area (Å²) < 4.78 is 25.4. The summed E-state index contributed by atoms with van der Waals surface area (Å²) in [5.74, 6) is 0.509. The van der Waals surface area contributed by atoms with Gasteiger partial charge in [-0.05, 0) is 44.0 Å². The van der Waals surface area contributed by atoms with Gasteiger partial charge in [0.05, 0.1) is 11.8 Å². The average molecular weight is 388 g/mol. The minimum Gasteiger partial charge on any atom is -0.368 e. The van der Waals surface area contributed by atoms with Crippen LogP contribution < -0.4 is 14.9 Å². The van der Waals surface area contributed by atoms with E-state index in [1.165, 1.54) is 5.56 Å². The highest BCUT2D eigenvalue weighted by Gasteiger charge is 2.25. The lowest BCUT2D eigenvalue weighted by molar-refractivity contribution is 0.0989. The number of benzene rings is 1. The first kappa shape index (κ1) is 19.3. The summed E-state index contributed by atoms with van der Waals surface area (Å²) in [6.07, 6.45) is 3.53. The molecular formula is C19H24N4O3S. The van der Waals surface area contributed by atoms with Crippen LogP contribution in [-0.4, -0.2) is 44.2 Å². The zero-order valence-electron chi connectivity index (χ0n) is 15.7. The van der Waals surface area contributed by atoms with Crippen molar-refractivity contribution in [1.29, 1.82) is 0 Å². The molecule has 0 atom stereocenters. The Labute approximate surface area is 159 Å². The summed E-state index contributed by atoms with van der Waals surface area (Å²) in [5.41, 5.74) is 1.99. The second-order valence-electron chi connectivity index (χ2n) is 7.38. The van der Waals surface area contributed by atoms with E-state index in [4.69, 9.17) is 0 Å². The normalized spacial score (nSPS) is 14.1. The summed E-state index contributed by atoms with van der Waals surface area (Å²) in [6, 6.07) is 11.4. The molecule has 1 aromatic carbocycles. The minimum atomic E-state index is -3.30. The van der Waals surface area contributed by atoms with E-state index in [1.807, 2.05) is 24.3 Å². The average Bonchev–Trinajstić information content (AvgIpc) is 3.02. The molecule has 0 saturated heterocycles. The lowest BCUT2D eigenvalue weighted by Crippen LogP contribution is -2.47. The first-order valence-corrected chi connectivity index (χ1v) is 10.6. The summed E-state index contributed by atoms with van der Waals surface area (Å²) in [6.45, 7) is 4.59. The van der Waals surface area contributed by atoms with Crippen molar-refractivity contribution in [3.8, 4) is 0 Å². The molecule has 0 bridgehead atoms. The Kier molecular flexibility index (Phi) is 5.21. The van der Waals surface area contributed by atoms with Crippen LogP contribution in [0.2, 0.25) is 0 Å². The van der Waals surface area contributed by atoms with Gasteiger partial charge < -0.3 is 10.2 Å². The van der Waals surface area contributed by atoms with Crippen LogP contribution in [0.3, 0.4) is 0 Å². The van der Waals surface area contributed by atoms with Crippen LogP contribution in [0.4, 0.5) is 11.5 Å². The Balaban J connectivity index is 1.65. The number of fused-ring (bicyclic) bond motifs is 1. The number of rotatable bonds is 6. The third kappa shape index (κ3) is 4.84. The molecule has 144 valence electrons. The van der Waals surface area contributed by atoms with Crippen LogP contribution in [-0.2, 0) is 16.4 Å². The Morgan fingerprint density at radius 2 is 1.96 bits per heavy atom. The van der Waals surface area contributed by atoms with E-state index in [9.17, 15) is 13.2 Å². The number of amides is 1. The van der Waals surface area contributed by atoms with Crippen molar-refractivity contribution in [2.24, 2.45) is 0 Å². The van der Waals surface area contributed by atoms with E-state index in [0.717, 1.165) is 18.4 Å². The lowest BCUT2D eigenvalue weighted by Gasteiger charge is -2.25. The highest BCUT2D eigenvalue weighted by molar-refractivity contribution is 7.88. The number of carbonyl (C=O) groups excluding carboxylic acids is 1. The van der Waals surface area contributed by atoms with Gasteiger partial charge in [0.2, 0.25) is 10.0 Å². The second kappa shape index (κ2) is 7.28. The predicted octanol–water partition coefficient (Wildman–Crippen LogP) is 2.02. The van der Waals surface area contributed by atoms with Gasteiger partial charge in [-0.2, -0.15) is 0 Å². The third-order valence-electron chi connectivity index (χ3n) is 4.32. The molecule has 1 aliphatic heterocycles. The molecule has 0 radical (unpaired) electrons. The number of nitrogens with one attached hydrogen (secondary N) is 2. The van der Waals surface area contributed by atoms with Gasteiger partial charge in [-0.25, -0.2) is 18.1 Å². The van der Waals surface area contributed by atoms with E-state index in [2.05, 4.69) is 15.0 Å². The summed E-state index contributed by atoms with van der Waals surface area (Å²) in [4.78, 5) is 18.9. The number of anilines is 2. The van der Waals surface area contributed by atoms with Gasteiger partial charge in [0.1, 0.15) is 5.82 Å². The highest BCUT2D eigenvalue weighted by Crippen LogP contribution is 2.28. The van der Waals surface area contributed by atoms with Crippen molar-refractivity contribution < 1.29 is 13.2 Å². The number of hydrogen-bond donors (Lipinski definition) is 2. The van der Waals surface area contributed by atoms with Gasteiger partial charge in [0, 0.05) is 30.5 Å². The predicted molar refractivity (Wildman–Crippen MR) is 107 cm³/mol. The molecule has 1 amide bonds.